The molecule has 2 aromatic rings. The van der Waals surface area contributed by atoms with Crippen molar-refractivity contribution >= 4 is 18.0 Å². The van der Waals surface area contributed by atoms with Crippen LogP contribution < -0.4 is 0 Å². The van der Waals surface area contributed by atoms with Gasteiger partial charge in [-0.2, -0.15) is 0 Å². The van der Waals surface area contributed by atoms with E-state index in [2.05, 4.69) is 11.9 Å². The Morgan fingerprint density at radius 1 is 0.611 bits per heavy atom. The van der Waals surface area contributed by atoms with E-state index in [0.29, 0.717) is 51.4 Å². The predicted molar refractivity (Wildman–Crippen MR) is 339 cm³/mol. The van der Waals surface area contributed by atoms with Gasteiger partial charge in [-0.25, -0.2) is 9.59 Å². The van der Waals surface area contributed by atoms with E-state index in [1.165, 1.54) is 18.5 Å². The molecule has 1 aromatic heterocycles. The Morgan fingerprint density at radius 3 is 1.58 bits per heavy atom. The van der Waals surface area contributed by atoms with Crippen molar-refractivity contribution < 1.29 is 111 Å². The van der Waals surface area contributed by atoms with Crippen molar-refractivity contribution in [2.24, 2.45) is 16.7 Å². The smallest absolute Gasteiger partial charge is 0.340 e. The number of aliphatic hydroxyl groups is 4. The molecule has 9 aliphatic rings. The number of carbonyl (C=O) groups is 2. The number of fused-ring (bicyclic) bond motifs is 5. The number of carbonyl (C=O) groups excluding carboxylic acids is 2. The van der Waals surface area contributed by atoms with Crippen LogP contribution in [0.2, 0.25) is 0 Å². The standard InChI is InChI=1S/C71H103NO23/c1-38-61(74)48(79-9)31-57(84-38)92-63-40(3)86-59(33-50(63)81-11)94-65-42(5)88-60(35-52(65)83-13)95-64-41(4)87-58(34-51(64)82-12)93-62-39(2)85-56(32-49(62)80-10)90-47-24-25-67(7)46(30-47)23-26-70(77)53(67)36-54(91-55(73)22-21-44-18-15-14-16-19-44)68(8)69(76,27-28-71(68,70)78)43(6)89-66(75)45-20-17-29-72-37-45/h14-23,29,37-43,47-54,56-65,74,76-78H,24-28,30-36H2,1-13H3/b22-21+/t38-,39-,40-,41-,42-,43+,47+,48-,49+,50-,51+,52-,53-,54-,56+,57+,58+,59+,60+,61-,62-,63-,64-,65-,67+,68-,69-,70+,71-/m1/s1. The summed E-state index contributed by atoms with van der Waals surface area (Å²) in [5.74, 6) is -2.02. The summed E-state index contributed by atoms with van der Waals surface area (Å²) < 4.78 is 108. The van der Waals surface area contributed by atoms with E-state index >= 15 is 0 Å². The molecule has 3 saturated carbocycles. The fraction of sp³-hybridized carbons (Fsp3) is 0.761. The first-order chi connectivity index (χ1) is 45.3. The minimum absolute atomic E-state index is 0.0564. The predicted octanol–water partition coefficient (Wildman–Crippen LogP) is 6.82. The molecule has 29 atom stereocenters. The number of esters is 2. The van der Waals surface area contributed by atoms with Crippen molar-refractivity contribution in [2.45, 2.75) is 291 Å². The number of hydrogen-bond donors (Lipinski definition) is 4. The molecule has 24 nitrogen and oxygen atoms in total. The molecule has 1 aromatic carbocycles. The van der Waals surface area contributed by atoms with Crippen LogP contribution in [0.1, 0.15) is 148 Å². The highest BCUT2D eigenvalue weighted by Crippen LogP contribution is 2.71. The molecule has 95 heavy (non-hydrogen) atoms. The van der Waals surface area contributed by atoms with Crippen LogP contribution in [0.3, 0.4) is 0 Å². The molecule has 0 bridgehead atoms. The van der Waals surface area contributed by atoms with E-state index in [-0.39, 0.29) is 43.5 Å². The molecule has 530 valence electrons. The summed E-state index contributed by atoms with van der Waals surface area (Å²) in [5.41, 5.74) is -6.17. The number of hydrogen-bond acceptors (Lipinski definition) is 24. The van der Waals surface area contributed by atoms with Gasteiger partial charge in [0.25, 0.3) is 0 Å². The zero-order valence-electron chi connectivity index (χ0n) is 57.3. The zero-order chi connectivity index (χ0) is 67.9. The number of pyridine rings is 1. The van der Waals surface area contributed by atoms with Crippen LogP contribution in [0.15, 0.2) is 72.6 Å². The maximum atomic E-state index is 14.0. The minimum Gasteiger partial charge on any atom is -0.458 e. The molecule has 5 aliphatic heterocycles. The molecule has 5 saturated heterocycles. The number of nitrogens with zero attached hydrogens (tertiary/aromatic N) is 1. The van der Waals surface area contributed by atoms with Crippen LogP contribution in [0.25, 0.3) is 6.08 Å². The molecule has 0 spiro atoms. The monoisotopic (exact) mass is 1340 g/mol. The van der Waals surface area contributed by atoms with Gasteiger partial charge < -0.3 is 101 Å². The summed E-state index contributed by atoms with van der Waals surface area (Å²) >= 11 is 0. The lowest BCUT2D eigenvalue weighted by Crippen LogP contribution is -2.78. The van der Waals surface area contributed by atoms with E-state index in [1.807, 2.05) is 64.1 Å². The molecule has 0 radical (unpaired) electrons. The second-order valence-electron chi connectivity index (χ2n) is 28.3. The highest BCUT2D eigenvalue weighted by atomic mass is 16.8. The second-order valence-corrected chi connectivity index (χ2v) is 28.3. The number of benzene rings is 1. The van der Waals surface area contributed by atoms with Crippen molar-refractivity contribution in [1.29, 1.82) is 0 Å². The quantitative estimate of drug-likeness (QED) is 0.0566. The molecule has 6 heterocycles. The normalized spacial score (nSPS) is 45.6. The third kappa shape index (κ3) is 14.0. The fourth-order valence-electron chi connectivity index (χ4n) is 17.6. The summed E-state index contributed by atoms with van der Waals surface area (Å²) in [6.07, 6.45) is -1.74. The SMILES string of the molecule is CO[C@H]1C[C@H](O[C@H]2CC[C@@]3(C)C(=CC[C@]4(O)[C@@H]3C[C@@H](OC(=O)/C=C/c3ccccc3)[C@@]3(C)[C@]4(O)CC[C@@]3(O)[C@H](C)OC(=O)c3cccnc3)C2)O[C@H](C)[C@H]1O[C@H]1C[C@H](OC)[C@H](O[C@H]2C[C@@H](OC)[C@H](O[C@H]3C[C@@H](OC)[C@H](O[C@H]4C[C@@H](OC)[C@H](O)[C@@H](C)O4)[C@@H](C)O3)[C@@H](C)O2)[C@@H](C)O1. The van der Waals surface area contributed by atoms with Crippen LogP contribution in [0, 0.1) is 16.7 Å². The molecule has 4 aliphatic carbocycles. The van der Waals surface area contributed by atoms with Crippen LogP contribution >= 0.6 is 0 Å². The van der Waals surface area contributed by atoms with Gasteiger partial charge in [-0.3, -0.25) is 4.98 Å². The second kappa shape index (κ2) is 29.7. The fourth-order valence-corrected chi connectivity index (χ4v) is 17.6. The Bertz CT molecular complexity index is 2950. The number of ether oxygens (including phenoxy) is 17. The van der Waals surface area contributed by atoms with Crippen molar-refractivity contribution in [2.75, 3.05) is 35.5 Å². The summed E-state index contributed by atoms with van der Waals surface area (Å²) in [4.78, 5) is 31.6. The molecular weight excluding hydrogens is 1230 g/mol. The van der Waals surface area contributed by atoms with Crippen LogP contribution in [0.5, 0.6) is 0 Å². The lowest BCUT2D eigenvalue weighted by Gasteiger charge is -2.67. The number of rotatable bonds is 21. The highest BCUT2D eigenvalue weighted by molar-refractivity contribution is 5.89. The largest absolute Gasteiger partial charge is 0.458 e. The van der Waals surface area contributed by atoms with E-state index in [1.54, 1.807) is 74.5 Å². The van der Waals surface area contributed by atoms with E-state index in [0.717, 1.165) is 11.1 Å². The molecule has 24 heteroatoms. The molecule has 0 unspecified atom stereocenters. The summed E-state index contributed by atoms with van der Waals surface area (Å²) in [7, 11) is 8.12. The molecule has 11 rings (SSSR count). The van der Waals surface area contributed by atoms with Gasteiger partial charge >= 0.3 is 11.9 Å². The Kier molecular flexibility index (Phi) is 22.6. The summed E-state index contributed by atoms with van der Waals surface area (Å²) in [6.45, 7) is 14.8. The molecule has 8 fully saturated rings. The van der Waals surface area contributed by atoms with Gasteiger partial charge in [-0.1, -0.05) is 55.8 Å². The van der Waals surface area contributed by atoms with Crippen molar-refractivity contribution in [3.8, 4) is 0 Å². The van der Waals surface area contributed by atoms with Gasteiger partial charge in [0.15, 0.2) is 31.5 Å². The lowest BCUT2D eigenvalue weighted by molar-refractivity contribution is -0.352. The van der Waals surface area contributed by atoms with E-state index in [9.17, 15) is 30.0 Å². The van der Waals surface area contributed by atoms with Crippen LogP contribution in [-0.4, -0.2) is 231 Å². The average molecular weight is 1340 g/mol. The Hall–Kier alpha value is -3.97. The Balaban J connectivity index is 0.695. The number of aromatic nitrogens is 1. The molecule has 4 N–H and O–H groups in total. The third-order valence-corrected chi connectivity index (χ3v) is 23.2. The van der Waals surface area contributed by atoms with Crippen molar-refractivity contribution in [3.63, 3.8) is 0 Å². The van der Waals surface area contributed by atoms with Gasteiger partial charge in [0.05, 0.1) is 78.1 Å². The first-order valence-corrected chi connectivity index (χ1v) is 34.1. The summed E-state index contributed by atoms with van der Waals surface area (Å²) in [5, 5.41) is 50.4. The average Bonchev–Trinajstić information content (AvgIpc) is 1.59. The first kappa shape index (κ1) is 72.3. The lowest BCUT2D eigenvalue weighted by atomic mass is 9.42. The highest BCUT2D eigenvalue weighted by Gasteiger charge is 2.81. The van der Waals surface area contributed by atoms with Gasteiger partial charge in [-0.05, 0) is 116 Å². The molecular formula is C71H103NO23. The molecule has 0 amide bonds. The number of methoxy groups -OCH3 is 5. The number of aliphatic hydroxyl groups excluding tert-OH is 1. The van der Waals surface area contributed by atoms with Crippen LogP contribution in [-0.2, 0) is 85.3 Å². The summed E-state index contributed by atoms with van der Waals surface area (Å²) in [6, 6.07) is 12.5. The Labute approximate surface area is 558 Å². The van der Waals surface area contributed by atoms with E-state index < -0.39 is 175 Å². The van der Waals surface area contributed by atoms with Crippen LogP contribution in [0.4, 0.5) is 0 Å². The van der Waals surface area contributed by atoms with Gasteiger partial charge in [-0.15, -0.1) is 0 Å². The maximum absolute atomic E-state index is 14.0. The zero-order valence-corrected chi connectivity index (χ0v) is 57.3. The van der Waals surface area contributed by atoms with E-state index in [4.69, 9.17) is 80.5 Å². The van der Waals surface area contributed by atoms with Gasteiger partial charge in [0.1, 0.15) is 59.5 Å². The Morgan fingerprint density at radius 2 is 1.09 bits per heavy atom. The van der Waals surface area contributed by atoms with Crippen molar-refractivity contribution in [1.82, 2.24) is 4.98 Å². The third-order valence-electron chi connectivity index (χ3n) is 23.2. The van der Waals surface area contributed by atoms with Crippen molar-refractivity contribution in [3.05, 3.63) is 83.7 Å². The minimum atomic E-state index is -2.02. The maximum Gasteiger partial charge on any atom is 0.340 e. The van der Waals surface area contributed by atoms with Gasteiger partial charge in [0, 0.05) is 92.0 Å². The topological polar surface area (TPSA) is 285 Å². The van der Waals surface area contributed by atoms with Gasteiger partial charge in [0.2, 0.25) is 0 Å². The first-order valence-electron chi connectivity index (χ1n) is 34.1.